The Kier molecular flexibility index (Phi) is 5.30. The topological polar surface area (TPSA) is 50.7 Å². The van der Waals surface area contributed by atoms with Crippen molar-refractivity contribution >= 4 is 34.9 Å². The van der Waals surface area contributed by atoms with E-state index in [1.807, 2.05) is 29.6 Å². The summed E-state index contributed by atoms with van der Waals surface area (Å²) >= 11 is 5.69. The molecule has 0 atom stereocenters. The highest BCUT2D eigenvalue weighted by Gasteiger charge is 2.13. The van der Waals surface area contributed by atoms with Gasteiger partial charge in [0.1, 0.15) is 0 Å². The number of nitrogens with one attached hydrogen (secondary N) is 1. The highest BCUT2D eigenvalue weighted by molar-refractivity contribution is 8.03. The molecule has 20 heavy (non-hydrogen) atoms. The molecule has 4 nitrogen and oxygen atoms in total. The van der Waals surface area contributed by atoms with E-state index in [2.05, 4.69) is 25.6 Å². The van der Waals surface area contributed by atoms with E-state index in [0.717, 1.165) is 17.2 Å². The molecule has 1 fully saturated rings. The van der Waals surface area contributed by atoms with Gasteiger partial charge in [-0.2, -0.15) is 23.5 Å². The van der Waals surface area contributed by atoms with Crippen LogP contribution in [-0.4, -0.2) is 44.0 Å². The predicted octanol–water partition coefficient (Wildman–Crippen LogP) is 2.54. The molecule has 1 saturated heterocycles. The summed E-state index contributed by atoms with van der Waals surface area (Å²) in [5.74, 6) is 5.66. The first-order valence-corrected chi connectivity index (χ1v) is 9.71. The van der Waals surface area contributed by atoms with Gasteiger partial charge in [-0.25, -0.2) is 15.0 Å². The van der Waals surface area contributed by atoms with Crippen LogP contribution in [0.1, 0.15) is 5.69 Å². The van der Waals surface area contributed by atoms with Crippen LogP contribution in [0.5, 0.6) is 0 Å². The van der Waals surface area contributed by atoms with Crippen molar-refractivity contribution in [3.05, 3.63) is 29.5 Å². The molecular weight excluding hydrogens is 308 g/mol. The Morgan fingerprint density at radius 1 is 1.15 bits per heavy atom. The molecule has 0 aromatic carbocycles. The molecule has 1 aliphatic heterocycles. The van der Waals surface area contributed by atoms with Gasteiger partial charge in [-0.15, -0.1) is 11.3 Å². The van der Waals surface area contributed by atoms with Gasteiger partial charge in [-0.05, 0) is 6.07 Å². The lowest BCUT2D eigenvalue weighted by Crippen LogP contribution is -2.32. The molecule has 0 spiro atoms. The molecule has 0 radical (unpaired) electrons. The van der Waals surface area contributed by atoms with Crippen molar-refractivity contribution in [1.82, 2.24) is 20.3 Å². The summed E-state index contributed by atoms with van der Waals surface area (Å²) in [6.07, 6.45) is 3.50. The second kappa shape index (κ2) is 7.40. The summed E-state index contributed by atoms with van der Waals surface area (Å²) in [5.41, 5.74) is 1.08. The van der Waals surface area contributed by atoms with E-state index in [-0.39, 0.29) is 0 Å². The predicted molar refractivity (Wildman–Crippen MR) is 88.4 cm³/mol. The van der Waals surface area contributed by atoms with Gasteiger partial charge < -0.3 is 5.32 Å². The average Bonchev–Trinajstić information content (AvgIpc) is 2.82. The maximum atomic E-state index is 4.61. The van der Waals surface area contributed by atoms with E-state index in [1.165, 1.54) is 23.0 Å². The number of hydrogen-bond acceptors (Lipinski definition) is 7. The Bertz CT molecular complexity index is 523. The molecule has 3 heterocycles. The second-order valence-corrected chi connectivity index (χ2v) is 7.60. The fourth-order valence-corrected chi connectivity index (χ4v) is 5.11. The minimum Gasteiger partial charge on any atom is -0.307 e. The zero-order valence-corrected chi connectivity index (χ0v) is 13.4. The summed E-state index contributed by atoms with van der Waals surface area (Å²) in [6, 6.07) is 2.41. The Hall–Kier alpha value is -0.630. The molecule has 0 saturated carbocycles. The normalized spacial score (nSPS) is 17.0. The first-order chi connectivity index (χ1) is 9.92. The van der Waals surface area contributed by atoms with Gasteiger partial charge in [0, 0.05) is 53.4 Å². The van der Waals surface area contributed by atoms with E-state index in [4.69, 9.17) is 0 Å². The van der Waals surface area contributed by atoms with Gasteiger partial charge in [0.2, 0.25) is 0 Å². The highest BCUT2D eigenvalue weighted by atomic mass is 32.2. The van der Waals surface area contributed by atoms with Crippen LogP contribution in [0, 0.1) is 0 Å². The lowest BCUT2D eigenvalue weighted by Gasteiger charge is -2.14. The van der Waals surface area contributed by atoms with E-state index < -0.39 is 0 Å². The smallest absolute Gasteiger partial charge is 0.188 e. The van der Waals surface area contributed by atoms with Crippen molar-refractivity contribution in [2.24, 2.45) is 0 Å². The van der Waals surface area contributed by atoms with Gasteiger partial charge >= 0.3 is 0 Å². The maximum Gasteiger partial charge on any atom is 0.188 e. The van der Waals surface area contributed by atoms with Crippen molar-refractivity contribution in [3.8, 4) is 10.8 Å². The van der Waals surface area contributed by atoms with Gasteiger partial charge in [-0.1, -0.05) is 0 Å². The number of nitrogens with zero attached hydrogens (tertiary/aromatic N) is 3. The third-order valence-electron chi connectivity index (χ3n) is 2.89. The van der Waals surface area contributed by atoms with Crippen LogP contribution in [0.2, 0.25) is 0 Å². The Balaban J connectivity index is 1.57. The number of thiazole rings is 1. The zero-order chi connectivity index (χ0) is 13.6. The third-order valence-corrected chi connectivity index (χ3v) is 6.30. The van der Waals surface area contributed by atoms with Crippen LogP contribution in [-0.2, 0) is 6.54 Å². The molecule has 0 unspecified atom stereocenters. The molecule has 7 heteroatoms. The molecule has 1 aliphatic rings. The van der Waals surface area contributed by atoms with E-state index in [1.54, 1.807) is 23.7 Å². The molecule has 2 aromatic rings. The molecule has 0 aliphatic carbocycles. The van der Waals surface area contributed by atoms with Crippen LogP contribution >= 0.6 is 34.9 Å². The van der Waals surface area contributed by atoms with Crippen molar-refractivity contribution in [2.75, 3.05) is 23.0 Å². The van der Waals surface area contributed by atoms with Crippen LogP contribution < -0.4 is 5.32 Å². The Morgan fingerprint density at radius 2 is 1.90 bits per heavy atom. The molecule has 0 amide bonds. The minimum atomic E-state index is 0.589. The van der Waals surface area contributed by atoms with Crippen LogP contribution in [0.15, 0.2) is 23.8 Å². The third kappa shape index (κ3) is 3.94. The lowest BCUT2D eigenvalue weighted by atomic mass is 10.3. The molecule has 2 aromatic heterocycles. The number of rotatable bonds is 4. The van der Waals surface area contributed by atoms with Crippen molar-refractivity contribution in [3.63, 3.8) is 0 Å². The molecular formula is C13H16N4S3. The van der Waals surface area contributed by atoms with Crippen LogP contribution in [0.25, 0.3) is 10.8 Å². The minimum absolute atomic E-state index is 0.589. The molecule has 1 N–H and O–H groups in total. The SMILES string of the molecule is c1cnc(-c2nc(CNC3CSCCSC3)cs2)nc1. The number of hydrogen-bond donors (Lipinski definition) is 1. The Morgan fingerprint density at radius 3 is 2.65 bits per heavy atom. The number of aromatic nitrogens is 3. The van der Waals surface area contributed by atoms with Gasteiger partial charge in [0.25, 0.3) is 0 Å². The molecule has 3 rings (SSSR count). The average molecular weight is 324 g/mol. The van der Waals surface area contributed by atoms with E-state index >= 15 is 0 Å². The summed E-state index contributed by atoms with van der Waals surface area (Å²) in [4.78, 5) is 13.1. The largest absolute Gasteiger partial charge is 0.307 e. The lowest BCUT2D eigenvalue weighted by molar-refractivity contribution is 0.597. The highest BCUT2D eigenvalue weighted by Crippen LogP contribution is 2.20. The molecule has 0 bridgehead atoms. The van der Waals surface area contributed by atoms with Crippen molar-refractivity contribution < 1.29 is 0 Å². The van der Waals surface area contributed by atoms with Gasteiger partial charge in [0.05, 0.1) is 5.69 Å². The van der Waals surface area contributed by atoms with Gasteiger partial charge in [0.15, 0.2) is 10.8 Å². The fraction of sp³-hybridized carbons (Fsp3) is 0.462. The second-order valence-electron chi connectivity index (χ2n) is 4.44. The first-order valence-electron chi connectivity index (χ1n) is 6.52. The van der Waals surface area contributed by atoms with Gasteiger partial charge in [-0.3, -0.25) is 0 Å². The molecule has 106 valence electrons. The van der Waals surface area contributed by atoms with Crippen LogP contribution in [0.3, 0.4) is 0 Å². The van der Waals surface area contributed by atoms with Crippen molar-refractivity contribution in [1.29, 1.82) is 0 Å². The maximum absolute atomic E-state index is 4.61. The zero-order valence-electron chi connectivity index (χ0n) is 11.0. The van der Waals surface area contributed by atoms with Crippen molar-refractivity contribution in [2.45, 2.75) is 12.6 Å². The summed E-state index contributed by atoms with van der Waals surface area (Å²) in [6.45, 7) is 0.828. The first kappa shape index (κ1) is 14.3. The quantitative estimate of drug-likeness (QED) is 0.933. The summed E-state index contributed by atoms with van der Waals surface area (Å²) in [5, 5.41) is 6.59. The fourth-order valence-electron chi connectivity index (χ4n) is 1.88. The van der Waals surface area contributed by atoms with E-state index in [9.17, 15) is 0 Å². The standard InChI is InChI=1S/C13H16N4S3/c1-2-14-12(15-3-1)13-17-10(9-20-13)6-16-11-7-18-4-5-19-8-11/h1-3,9,11,16H,4-8H2. The van der Waals surface area contributed by atoms with Crippen LogP contribution in [0.4, 0.5) is 0 Å². The summed E-state index contributed by atoms with van der Waals surface area (Å²) in [7, 11) is 0. The van der Waals surface area contributed by atoms with E-state index in [0.29, 0.717) is 11.9 Å². The monoisotopic (exact) mass is 324 g/mol. The number of thioether (sulfide) groups is 2. The summed E-state index contributed by atoms with van der Waals surface area (Å²) < 4.78 is 0. The Labute approximate surface area is 131 Å².